The number of hydrogen-bond donors (Lipinski definition) is 1. The van der Waals surface area contributed by atoms with Crippen LogP contribution >= 0.6 is 0 Å². The first-order valence-corrected chi connectivity index (χ1v) is 5.02. The van der Waals surface area contributed by atoms with Gasteiger partial charge in [0.05, 0.1) is 24.6 Å². The molecule has 78 valence electrons. The van der Waals surface area contributed by atoms with Crippen molar-refractivity contribution in [3.63, 3.8) is 0 Å². The smallest absolute Gasteiger partial charge is 0.138 e. The number of aliphatic hydroxyl groups is 1. The molecule has 1 heterocycles. The number of aliphatic hydroxyl groups excluding tert-OH is 1. The summed E-state index contributed by atoms with van der Waals surface area (Å²) < 4.78 is 5.67. The molecule has 0 amide bonds. The van der Waals surface area contributed by atoms with E-state index < -0.39 is 0 Å². The Hall–Kier alpha value is -1.09. The van der Waals surface area contributed by atoms with Crippen LogP contribution in [0.25, 0.3) is 0 Å². The lowest BCUT2D eigenvalue weighted by atomic mass is 10.2. The predicted octanol–water partition coefficient (Wildman–Crippen LogP) is 2.14. The topological polar surface area (TPSA) is 42.4 Å². The van der Waals surface area contributed by atoms with E-state index in [1.807, 2.05) is 6.07 Å². The molecule has 3 nitrogen and oxygen atoms in total. The van der Waals surface area contributed by atoms with Crippen molar-refractivity contribution in [2.24, 2.45) is 0 Å². The highest BCUT2D eigenvalue weighted by atomic mass is 16.5. The fourth-order valence-electron chi connectivity index (χ4n) is 1.22. The first kappa shape index (κ1) is 11.0. The molecule has 0 aliphatic heterocycles. The average molecular weight is 195 g/mol. The third kappa shape index (κ3) is 3.00. The van der Waals surface area contributed by atoms with Gasteiger partial charge >= 0.3 is 0 Å². The van der Waals surface area contributed by atoms with Crippen LogP contribution in [-0.2, 0) is 6.61 Å². The summed E-state index contributed by atoms with van der Waals surface area (Å²) in [6.45, 7) is 4.18. The minimum atomic E-state index is -0.0226. The molecule has 0 saturated heterocycles. The Morgan fingerprint density at radius 3 is 2.50 bits per heavy atom. The van der Waals surface area contributed by atoms with Crippen molar-refractivity contribution in [2.75, 3.05) is 0 Å². The van der Waals surface area contributed by atoms with Crippen molar-refractivity contribution in [1.29, 1.82) is 0 Å². The molecule has 0 atom stereocenters. The number of nitrogens with zero attached hydrogens (tertiary/aromatic N) is 1. The molecule has 0 radical (unpaired) electrons. The van der Waals surface area contributed by atoms with Gasteiger partial charge in [-0.05, 0) is 25.0 Å². The van der Waals surface area contributed by atoms with E-state index in [0.29, 0.717) is 5.69 Å². The second-order valence-electron chi connectivity index (χ2n) is 3.20. The molecule has 0 saturated carbocycles. The maximum absolute atomic E-state index is 8.80. The van der Waals surface area contributed by atoms with Crippen molar-refractivity contribution in [3.8, 4) is 5.75 Å². The summed E-state index contributed by atoms with van der Waals surface area (Å²) in [6.07, 6.45) is 3.91. The molecule has 0 fully saturated rings. The number of ether oxygens (including phenoxy) is 1. The average Bonchev–Trinajstić information content (AvgIpc) is 2.26. The molecule has 3 heteroatoms. The van der Waals surface area contributed by atoms with Crippen molar-refractivity contribution in [2.45, 2.75) is 39.4 Å². The van der Waals surface area contributed by atoms with Gasteiger partial charge < -0.3 is 9.84 Å². The highest BCUT2D eigenvalue weighted by molar-refractivity contribution is 5.19. The van der Waals surface area contributed by atoms with E-state index >= 15 is 0 Å². The fraction of sp³-hybridized carbons (Fsp3) is 0.545. The molecule has 14 heavy (non-hydrogen) atoms. The molecular weight excluding hydrogens is 178 g/mol. The zero-order chi connectivity index (χ0) is 10.4. The zero-order valence-corrected chi connectivity index (χ0v) is 8.73. The predicted molar refractivity (Wildman–Crippen MR) is 55.2 cm³/mol. The minimum absolute atomic E-state index is 0.0226. The molecule has 0 aliphatic rings. The van der Waals surface area contributed by atoms with E-state index in [1.165, 1.54) is 0 Å². The molecule has 1 rings (SSSR count). The van der Waals surface area contributed by atoms with Crippen LogP contribution in [-0.4, -0.2) is 16.2 Å². The molecule has 1 aromatic rings. The van der Waals surface area contributed by atoms with Gasteiger partial charge in [-0.1, -0.05) is 13.8 Å². The molecule has 0 spiro atoms. The van der Waals surface area contributed by atoms with Crippen molar-refractivity contribution >= 4 is 0 Å². The SMILES string of the molecule is CCC(CC)Oc1ccc(CO)nc1. The zero-order valence-electron chi connectivity index (χ0n) is 8.73. The van der Waals surface area contributed by atoms with Gasteiger partial charge in [0.15, 0.2) is 0 Å². The minimum Gasteiger partial charge on any atom is -0.489 e. The van der Waals surface area contributed by atoms with Crippen LogP contribution < -0.4 is 4.74 Å². The summed E-state index contributed by atoms with van der Waals surface area (Å²) in [4.78, 5) is 4.04. The number of aromatic nitrogens is 1. The summed E-state index contributed by atoms with van der Waals surface area (Å²) in [5.41, 5.74) is 0.668. The van der Waals surface area contributed by atoms with Crippen LogP contribution in [0.1, 0.15) is 32.4 Å². The molecule has 0 unspecified atom stereocenters. The molecule has 0 bridgehead atoms. The second kappa shape index (κ2) is 5.60. The van der Waals surface area contributed by atoms with Gasteiger partial charge in [0, 0.05) is 0 Å². The standard InChI is InChI=1S/C11H17NO2/c1-3-10(4-2)14-11-6-5-9(8-13)12-7-11/h5-7,10,13H,3-4,8H2,1-2H3. The monoisotopic (exact) mass is 195 g/mol. The lowest BCUT2D eigenvalue weighted by Gasteiger charge is -2.15. The van der Waals surface area contributed by atoms with Crippen LogP contribution in [0.4, 0.5) is 0 Å². The van der Waals surface area contributed by atoms with Gasteiger partial charge in [0.1, 0.15) is 5.75 Å². The normalized spacial score (nSPS) is 10.6. The summed E-state index contributed by atoms with van der Waals surface area (Å²) in [5.74, 6) is 0.774. The second-order valence-corrected chi connectivity index (χ2v) is 3.20. The summed E-state index contributed by atoms with van der Waals surface area (Å²) in [6, 6.07) is 3.62. The molecule has 1 N–H and O–H groups in total. The van der Waals surface area contributed by atoms with E-state index in [9.17, 15) is 0 Å². The lowest BCUT2D eigenvalue weighted by molar-refractivity contribution is 0.192. The maximum atomic E-state index is 8.80. The Morgan fingerprint density at radius 1 is 1.36 bits per heavy atom. The molecule has 0 aromatic carbocycles. The number of pyridine rings is 1. The van der Waals surface area contributed by atoms with Gasteiger partial charge in [-0.3, -0.25) is 4.98 Å². The first-order chi connectivity index (χ1) is 6.80. The highest BCUT2D eigenvalue weighted by Gasteiger charge is 2.04. The van der Waals surface area contributed by atoms with Crippen molar-refractivity contribution < 1.29 is 9.84 Å². The van der Waals surface area contributed by atoms with Crippen LogP contribution in [0.3, 0.4) is 0 Å². The van der Waals surface area contributed by atoms with Gasteiger partial charge in [-0.15, -0.1) is 0 Å². The van der Waals surface area contributed by atoms with E-state index in [-0.39, 0.29) is 12.7 Å². The third-order valence-corrected chi connectivity index (χ3v) is 2.17. The Bertz CT molecular complexity index is 254. The summed E-state index contributed by atoms with van der Waals surface area (Å²) in [7, 11) is 0. The molecular formula is C11H17NO2. The van der Waals surface area contributed by atoms with Crippen molar-refractivity contribution in [1.82, 2.24) is 4.98 Å². The van der Waals surface area contributed by atoms with E-state index in [4.69, 9.17) is 9.84 Å². The van der Waals surface area contributed by atoms with E-state index in [0.717, 1.165) is 18.6 Å². The number of hydrogen-bond acceptors (Lipinski definition) is 3. The quantitative estimate of drug-likeness (QED) is 0.782. The maximum Gasteiger partial charge on any atom is 0.138 e. The Balaban J connectivity index is 2.58. The molecule has 1 aromatic heterocycles. The van der Waals surface area contributed by atoms with Crippen LogP contribution in [0.2, 0.25) is 0 Å². The number of rotatable bonds is 5. The molecule has 0 aliphatic carbocycles. The third-order valence-electron chi connectivity index (χ3n) is 2.17. The fourth-order valence-corrected chi connectivity index (χ4v) is 1.22. The largest absolute Gasteiger partial charge is 0.489 e. The summed E-state index contributed by atoms with van der Waals surface area (Å²) >= 11 is 0. The van der Waals surface area contributed by atoms with Crippen LogP contribution in [0.5, 0.6) is 5.75 Å². The Morgan fingerprint density at radius 2 is 2.07 bits per heavy atom. The van der Waals surface area contributed by atoms with E-state index in [2.05, 4.69) is 18.8 Å². The van der Waals surface area contributed by atoms with E-state index in [1.54, 1.807) is 12.3 Å². The van der Waals surface area contributed by atoms with Gasteiger partial charge in [0.25, 0.3) is 0 Å². The highest BCUT2D eigenvalue weighted by Crippen LogP contribution is 2.14. The first-order valence-electron chi connectivity index (χ1n) is 5.02. The van der Waals surface area contributed by atoms with Crippen molar-refractivity contribution in [3.05, 3.63) is 24.0 Å². The Labute approximate surface area is 84.7 Å². The van der Waals surface area contributed by atoms with Gasteiger partial charge in [0.2, 0.25) is 0 Å². The lowest BCUT2D eigenvalue weighted by Crippen LogP contribution is -2.13. The summed E-state index contributed by atoms with van der Waals surface area (Å²) in [5, 5.41) is 8.80. The van der Waals surface area contributed by atoms with Gasteiger partial charge in [-0.25, -0.2) is 0 Å². The Kier molecular flexibility index (Phi) is 4.40. The van der Waals surface area contributed by atoms with Crippen LogP contribution in [0, 0.1) is 0 Å². The van der Waals surface area contributed by atoms with Crippen LogP contribution in [0.15, 0.2) is 18.3 Å². The van der Waals surface area contributed by atoms with Gasteiger partial charge in [-0.2, -0.15) is 0 Å².